The van der Waals surface area contributed by atoms with E-state index in [0.29, 0.717) is 17.3 Å². The molecule has 2 atom stereocenters. The Hall–Kier alpha value is -1.30. The SMILES string of the molecule is O=C(O)NCCC1CCN(c2ccccn2)CC1Br. The zero-order chi connectivity index (χ0) is 13.7. The van der Waals surface area contributed by atoms with Crippen molar-refractivity contribution >= 4 is 27.8 Å². The molecule has 2 unspecified atom stereocenters. The van der Waals surface area contributed by atoms with Gasteiger partial charge >= 0.3 is 6.09 Å². The van der Waals surface area contributed by atoms with E-state index >= 15 is 0 Å². The van der Waals surface area contributed by atoms with Crippen molar-refractivity contribution in [1.82, 2.24) is 10.3 Å². The second-order valence-corrected chi connectivity index (χ2v) is 5.90. The minimum atomic E-state index is -0.947. The molecule has 0 bridgehead atoms. The van der Waals surface area contributed by atoms with E-state index in [1.54, 1.807) is 6.20 Å². The molecule has 0 spiro atoms. The molecule has 1 aliphatic heterocycles. The molecule has 2 N–H and O–H groups in total. The van der Waals surface area contributed by atoms with Gasteiger partial charge in [-0.1, -0.05) is 22.0 Å². The smallest absolute Gasteiger partial charge is 0.404 e. The summed E-state index contributed by atoms with van der Waals surface area (Å²) in [5.41, 5.74) is 0. The molecule has 1 saturated heterocycles. The summed E-state index contributed by atoms with van der Waals surface area (Å²) >= 11 is 3.72. The van der Waals surface area contributed by atoms with Crippen LogP contribution in [0.5, 0.6) is 0 Å². The van der Waals surface area contributed by atoms with Gasteiger partial charge in [0.05, 0.1) is 0 Å². The first kappa shape index (κ1) is 14.1. The van der Waals surface area contributed by atoms with Crippen molar-refractivity contribution in [2.24, 2.45) is 5.92 Å². The summed E-state index contributed by atoms with van der Waals surface area (Å²) in [5.74, 6) is 1.51. The number of amides is 1. The molecule has 1 aliphatic rings. The molecular formula is C13H18BrN3O2. The third-order valence-electron chi connectivity index (χ3n) is 3.44. The molecule has 0 aliphatic carbocycles. The van der Waals surface area contributed by atoms with Gasteiger partial charge in [-0.2, -0.15) is 0 Å². The monoisotopic (exact) mass is 327 g/mol. The van der Waals surface area contributed by atoms with Gasteiger partial charge in [-0.25, -0.2) is 9.78 Å². The summed E-state index contributed by atoms with van der Waals surface area (Å²) in [6.45, 7) is 2.40. The lowest BCUT2D eigenvalue weighted by atomic mass is 9.93. The fourth-order valence-electron chi connectivity index (χ4n) is 2.39. The summed E-state index contributed by atoms with van der Waals surface area (Å²) in [4.78, 5) is 17.4. The van der Waals surface area contributed by atoms with Crippen molar-refractivity contribution in [3.63, 3.8) is 0 Å². The van der Waals surface area contributed by atoms with Gasteiger partial charge in [0.2, 0.25) is 0 Å². The van der Waals surface area contributed by atoms with Crippen LogP contribution in [0.15, 0.2) is 24.4 Å². The largest absolute Gasteiger partial charge is 0.465 e. The Morgan fingerprint density at radius 3 is 3.05 bits per heavy atom. The molecule has 0 aromatic carbocycles. The zero-order valence-electron chi connectivity index (χ0n) is 10.6. The average Bonchev–Trinajstić information content (AvgIpc) is 2.41. The minimum absolute atomic E-state index is 0.374. The number of halogens is 1. The predicted octanol–water partition coefficient (Wildman–Crippen LogP) is 2.33. The van der Waals surface area contributed by atoms with Crippen LogP contribution in [0.1, 0.15) is 12.8 Å². The summed E-state index contributed by atoms with van der Waals surface area (Å²) in [5, 5.41) is 11.0. The fraction of sp³-hybridized carbons (Fsp3) is 0.538. The van der Waals surface area contributed by atoms with Gasteiger partial charge in [-0.15, -0.1) is 0 Å². The van der Waals surface area contributed by atoms with Crippen LogP contribution in [-0.4, -0.2) is 40.6 Å². The number of hydrogen-bond acceptors (Lipinski definition) is 3. The average molecular weight is 328 g/mol. The number of nitrogens with one attached hydrogen (secondary N) is 1. The third kappa shape index (κ3) is 4.09. The highest BCUT2D eigenvalue weighted by atomic mass is 79.9. The molecule has 6 heteroatoms. The molecule has 5 nitrogen and oxygen atoms in total. The molecule has 1 aromatic rings. The number of anilines is 1. The number of nitrogens with zero attached hydrogens (tertiary/aromatic N) is 2. The van der Waals surface area contributed by atoms with Gasteiger partial charge in [0.15, 0.2) is 0 Å². The van der Waals surface area contributed by atoms with Crippen molar-refractivity contribution in [3.05, 3.63) is 24.4 Å². The number of carboxylic acid groups (broad SMARTS) is 1. The van der Waals surface area contributed by atoms with Gasteiger partial charge in [0.25, 0.3) is 0 Å². The lowest BCUT2D eigenvalue weighted by Gasteiger charge is -2.36. The summed E-state index contributed by atoms with van der Waals surface area (Å²) in [6.07, 6.45) is 2.78. The Morgan fingerprint density at radius 2 is 2.42 bits per heavy atom. The van der Waals surface area contributed by atoms with E-state index in [1.807, 2.05) is 18.2 Å². The Balaban J connectivity index is 1.83. The van der Waals surface area contributed by atoms with Crippen LogP contribution in [0, 0.1) is 5.92 Å². The lowest BCUT2D eigenvalue weighted by Crippen LogP contribution is -2.42. The van der Waals surface area contributed by atoms with Crippen LogP contribution >= 0.6 is 15.9 Å². The van der Waals surface area contributed by atoms with E-state index in [2.05, 4.69) is 31.1 Å². The van der Waals surface area contributed by atoms with Gasteiger partial charge in [-0.05, 0) is 30.9 Å². The van der Waals surface area contributed by atoms with Crippen LogP contribution in [0.4, 0.5) is 10.6 Å². The topological polar surface area (TPSA) is 65.5 Å². The lowest BCUT2D eigenvalue weighted by molar-refractivity contribution is 0.193. The van der Waals surface area contributed by atoms with Crippen LogP contribution in [-0.2, 0) is 0 Å². The normalized spacial score (nSPS) is 23.1. The van der Waals surface area contributed by atoms with E-state index in [4.69, 9.17) is 5.11 Å². The molecule has 2 heterocycles. The second-order valence-electron chi connectivity index (χ2n) is 4.72. The fourth-order valence-corrected chi connectivity index (χ4v) is 3.27. The van der Waals surface area contributed by atoms with Gasteiger partial charge < -0.3 is 15.3 Å². The van der Waals surface area contributed by atoms with Crippen molar-refractivity contribution < 1.29 is 9.90 Å². The highest BCUT2D eigenvalue weighted by Gasteiger charge is 2.27. The third-order valence-corrected chi connectivity index (χ3v) is 4.48. The first-order valence-corrected chi connectivity index (χ1v) is 7.35. The quantitative estimate of drug-likeness (QED) is 0.833. The molecule has 1 aromatic heterocycles. The predicted molar refractivity (Wildman–Crippen MR) is 77.9 cm³/mol. The molecule has 2 rings (SSSR count). The summed E-state index contributed by atoms with van der Waals surface area (Å²) < 4.78 is 0. The maximum atomic E-state index is 10.4. The van der Waals surface area contributed by atoms with Crippen molar-refractivity contribution in [2.45, 2.75) is 17.7 Å². The van der Waals surface area contributed by atoms with Crippen molar-refractivity contribution in [3.8, 4) is 0 Å². The number of alkyl halides is 1. The molecule has 19 heavy (non-hydrogen) atoms. The Morgan fingerprint density at radius 1 is 1.58 bits per heavy atom. The molecule has 104 valence electrons. The highest BCUT2D eigenvalue weighted by molar-refractivity contribution is 9.09. The summed E-state index contributed by atoms with van der Waals surface area (Å²) in [7, 11) is 0. The van der Waals surface area contributed by atoms with E-state index in [0.717, 1.165) is 31.7 Å². The standard InChI is InChI=1S/C13H18BrN3O2/c14-11-9-17(12-3-1-2-6-15-12)8-5-10(11)4-7-16-13(18)19/h1-3,6,10-11,16H,4-5,7-9H2,(H,18,19). The number of hydrogen-bond donors (Lipinski definition) is 2. The second kappa shape index (κ2) is 6.75. The zero-order valence-corrected chi connectivity index (χ0v) is 12.2. The summed E-state index contributed by atoms with van der Waals surface area (Å²) in [6, 6.07) is 5.93. The minimum Gasteiger partial charge on any atom is -0.465 e. The van der Waals surface area contributed by atoms with Crippen molar-refractivity contribution in [2.75, 3.05) is 24.5 Å². The first-order chi connectivity index (χ1) is 9.16. The maximum absolute atomic E-state index is 10.4. The Labute approximate surface area is 121 Å². The maximum Gasteiger partial charge on any atom is 0.404 e. The molecule has 0 radical (unpaired) electrons. The highest BCUT2D eigenvalue weighted by Crippen LogP contribution is 2.28. The number of carbonyl (C=O) groups is 1. The molecule has 0 saturated carbocycles. The van der Waals surface area contributed by atoms with Crippen LogP contribution in [0.3, 0.4) is 0 Å². The number of pyridine rings is 1. The molecule has 1 fully saturated rings. The number of rotatable bonds is 4. The Kier molecular flexibility index (Phi) is 5.01. The number of aromatic nitrogens is 1. The Bertz CT molecular complexity index is 416. The van der Waals surface area contributed by atoms with E-state index in [1.165, 1.54) is 0 Å². The molecule has 1 amide bonds. The van der Waals surface area contributed by atoms with Crippen molar-refractivity contribution in [1.29, 1.82) is 0 Å². The number of piperidine rings is 1. The van der Waals surface area contributed by atoms with E-state index in [9.17, 15) is 4.79 Å². The first-order valence-electron chi connectivity index (χ1n) is 6.43. The van der Waals surface area contributed by atoms with Gasteiger partial charge in [0.1, 0.15) is 5.82 Å². The van der Waals surface area contributed by atoms with E-state index < -0.39 is 6.09 Å². The van der Waals surface area contributed by atoms with Crippen LogP contribution < -0.4 is 10.2 Å². The van der Waals surface area contributed by atoms with E-state index in [-0.39, 0.29) is 0 Å². The van der Waals surface area contributed by atoms with Gasteiger partial charge in [-0.3, -0.25) is 0 Å². The van der Waals surface area contributed by atoms with Crippen LogP contribution in [0.25, 0.3) is 0 Å². The van der Waals surface area contributed by atoms with Gasteiger partial charge in [0, 0.05) is 30.7 Å². The van der Waals surface area contributed by atoms with Crippen LogP contribution in [0.2, 0.25) is 0 Å². The molecular weight excluding hydrogens is 310 g/mol.